The number of carbonyl (C=O) groups is 1. The monoisotopic (exact) mass is 409 g/mol. The molecule has 0 aromatic carbocycles. The summed E-state index contributed by atoms with van der Waals surface area (Å²) in [6.45, 7) is 5.01. The molecule has 4 heteroatoms. The molecule has 5 fully saturated rings. The van der Waals surface area contributed by atoms with Crippen molar-refractivity contribution in [2.45, 2.75) is 94.7 Å². The highest BCUT2D eigenvalue weighted by molar-refractivity contribution is 9.10. The van der Waals surface area contributed by atoms with Crippen LogP contribution in [-0.4, -0.2) is 29.0 Å². The molecule has 1 amide bonds. The first-order valence-corrected chi connectivity index (χ1v) is 11.4. The molecule has 0 aromatic rings. The van der Waals surface area contributed by atoms with Crippen LogP contribution in [0.3, 0.4) is 0 Å². The highest BCUT2D eigenvalue weighted by atomic mass is 79.9. The third-order valence-electron chi connectivity index (χ3n) is 8.88. The van der Waals surface area contributed by atoms with Crippen molar-refractivity contribution in [3.8, 4) is 0 Å². The van der Waals surface area contributed by atoms with Crippen molar-refractivity contribution >= 4 is 21.8 Å². The summed E-state index contributed by atoms with van der Waals surface area (Å²) in [7, 11) is 0. The van der Waals surface area contributed by atoms with Gasteiger partial charge < -0.3 is 10.1 Å². The lowest BCUT2D eigenvalue weighted by Crippen LogP contribution is -2.63. The predicted molar refractivity (Wildman–Crippen MR) is 102 cm³/mol. The van der Waals surface area contributed by atoms with Gasteiger partial charge in [-0.2, -0.15) is 0 Å². The largest absolute Gasteiger partial charge is 0.374 e. The summed E-state index contributed by atoms with van der Waals surface area (Å²) in [4.78, 5) is 12.2. The van der Waals surface area contributed by atoms with E-state index in [-0.39, 0.29) is 16.1 Å². The summed E-state index contributed by atoms with van der Waals surface area (Å²) in [6, 6.07) is 0.388. The lowest BCUT2D eigenvalue weighted by Gasteiger charge is -2.60. The summed E-state index contributed by atoms with van der Waals surface area (Å²) < 4.78 is 6.47. The Morgan fingerprint density at radius 1 is 1.00 bits per heavy atom. The molecule has 3 nitrogen and oxygen atoms in total. The van der Waals surface area contributed by atoms with Crippen LogP contribution < -0.4 is 5.32 Å². The summed E-state index contributed by atoms with van der Waals surface area (Å²) in [5.41, 5.74) is 0.667. The Hall–Kier alpha value is -0.0900. The number of hydrogen-bond donors (Lipinski definition) is 1. The fraction of sp³-hybridized carbons (Fsp3) is 0.952. The highest BCUT2D eigenvalue weighted by Gasteiger charge is 2.61. The minimum atomic E-state index is -0.00432. The molecule has 5 aliphatic rings. The van der Waals surface area contributed by atoms with Gasteiger partial charge in [0.15, 0.2) is 0 Å². The molecule has 5 rings (SSSR count). The minimum absolute atomic E-state index is 0.00432. The number of carbonyl (C=O) groups excluding carboxylic acids is 1. The number of rotatable bonds is 2. The first kappa shape index (κ1) is 17.0. The molecule has 1 N–H and O–H groups in total. The Bertz CT molecular complexity index is 578. The predicted octanol–water partition coefficient (Wildman–Crippen LogP) is 4.43. The maximum Gasteiger partial charge on any atom is 0.234 e. The van der Waals surface area contributed by atoms with Gasteiger partial charge in [-0.05, 0) is 86.4 Å². The van der Waals surface area contributed by atoms with E-state index in [1.807, 2.05) is 0 Å². The van der Waals surface area contributed by atoms with Crippen LogP contribution in [-0.2, 0) is 9.53 Å². The molecule has 25 heavy (non-hydrogen) atoms. The van der Waals surface area contributed by atoms with E-state index >= 15 is 0 Å². The van der Waals surface area contributed by atoms with Crippen LogP contribution in [0, 0.1) is 28.6 Å². The fourth-order valence-electron chi connectivity index (χ4n) is 7.34. The van der Waals surface area contributed by atoms with Crippen molar-refractivity contribution in [3.05, 3.63) is 0 Å². The second-order valence-electron chi connectivity index (χ2n) is 10.1. The first-order valence-electron chi connectivity index (χ1n) is 10.5. The second-order valence-corrected chi connectivity index (χ2v) is 11.2. The van der Waals surface area contributed by atoms with E-state index in [9.17, 15) is 4.79 Å². The van der Waals surface area contributed by atoms with E-state index in [2.05, 4.69) is 35.1 Å². The van der Waals surface area contributed by atoms with Gasteiger partial charge in [-0.25, -0.2) is 0 Å². The van der Waals surface area contributed by atoms with E-state index in [4.69, 9.17) is 4.74 Å². The highest BCUT2D eigenvalue weighted by Crippen LogP contribution is 2.65. The van der Waals surface area contributed by atoms with Crippen LogP contribution in [0.5, 0.6) is 0 Å². The SMILES string of the molecule is C[C@]12C[C@@H](Br)C(=O)N[C@@H]1CC[C@@H]1[C@@H]2CC[C@]2(C)[C@@H](OC3CC3)CC[C@@H]12. The van der Waals surface area contributed by atoms with Crippen LogP contribution in [0.15, 0.2) is 0 Å². The number of nitrogens with one attached hydrogen (secondary N) is 1. The molecule has 4 aliphatic carbocycles. The Balaban J connectivity index is 1.40. The molecule has 8 atom stereocenters. The second kappa shape index (κ2) is 5.70. The Kier molecular flexibility index (Phi) is 3.89. The number of ether oxygens (including phenoxy) is 1. The maximum atomic E-state index is 12.2. The summed E-state index contributed by atoms with van der Waals surface area (Å²) >= 11 is 3.65. The number of piperidine rings is 1. The van der Waals surface area contributed by atoms with Gasteiger partial charge in [-0.15, -0.1) is 0 Å². The molecule has 140 valence electrons. The number of hydrogen-bond acceptors (Lipinski definition) is 2. The summed E-state index contributed by atoms with van der Waals surface area (Å²) in [6.07, 6.45) is 12.4. The van der Waals surface area contributed by atoms with Gasteiger partial charge in [-0.3, -0.25) is 4.79 Å². The van der Waals surface area contributed by atoms with E-state index in [0.29, 0.717) is 23.7 Å². The summed E-state index contributed by atoms with van der Waals surface area (Å²) in [5.74, 6) is 2.65. The van der Waals surface area contributed by atoms with Crippen LogP contribution in [0.1, 0.15) is 71.6 Å². The average molecular weight is 410 g/mol. The topological polar surface area (TPSA) is 38.3 Å². The Labute approximate surface area is 160 Å². The van der Waals surface area contributed by atoms with E-state index in [1.165, 1.54) is 51.4 Å². The number of halogens is 1. The molecule has 0 radical (unpaired) electrons. The smallest absolute Gasteiger partial charge is 0.234 e. The van der Waals surface area contributed by atoms with Crippen molar-refractivity contribution in [3.63, 3.8) is 0 Å². The third-order valence-corrected chi connectivity index (χ3v) is 9.62. The normalized spacial score (nSPS) is 55.1. The average Bonchev–Trinajstić information content (AvgIpc) is 3.32. The molecule has 0 bridgehead atoms. The lowest BCUT2D eigenvalue weighted by molar-refractivity contribution is -0.140. The van der Waals surface area contributed by atoms with Gasteiger partial charge in [-0.1, -0.05) is 29.8 Å². The minimum Gasteiger partial charge on any atom is -0.374 e. The Morgan fingerprint density at radius 2 is 1.76 bits per heavy atom. The van der Waals surface area contributed by atoms with Crippen molar-refractivity contribution in [1.29, 1.82) is 0 Å². The molecule has 4 saturated carbocycles. The standard InChI is InChI=1S/C21H32BrNO2/c1-20-10-9-15-13(14(20)6-8-18(20)25-12-3-4-12)5-7-17-21(15,2)11-16(22)19(24)23-17/h12-18H,3-11H2,1-2H3,(H,23,24)/t13-,14-,15-,16+,17+,18-,20-,21+/m0/s1. The van der Waals surface area contributed by atoms with Gasteiger partial charge in [0, 0.05) is 6.04 Å². The molecule has 1 saturated heterocycles. The number of fused-ring (bicyclic) bond motifs is 5. The van der Waals surface area contributed by atoms with E-state index < -0.39 is 0 Å². The first-order chi connectivity index (χ1) is 11.9. The molecular weight excluding hydrogens is 378 g/mol. The van der Waals surface area contributed by atoms with Crippen molar-refractivity contribution in [1.82, 2.24) is 5.32 Å². The quantitative estimate of drug-likeness (QED) is 0.684. The lowest BCUT2D eigenvalue weighted by atomic mass is 9.47. The van der Waals surface area contributed by atoms with Gasteiger partial charge in [0.1, 0.15) is 0 Å². The van der Waals surface area contributed by atoms with Gasteiger partial charge in [0.25, 0.3) is 0 Å². The molecular formula is C21H32BrNO2. The van der Waals surface area contributed by atoms with E-state index in [0.717, 1.165) is 24.2 Å². The molecule has 0 unspecified atom stereocenters. The number of alkyl halides is 1. The van der Waals surface area contributed by atoms with Crippen LogP contribution in [0.25, 0.3) is 0 Å². The zero-order valence-corrected chi connectivity index (χ0v) is 17.2. The van der Waals surface area contributed by atoms with Crippen LogP contribution >= 0.6 is 15.9 Å². The van der Waals surface area contributed by atoms with Crippen molar-refractivity contribution in [2.24, 2.45) is 28.6 Å². The third kappa shape index (κ3) is 2.49. The molecule has 0 spiro atoms. The molecule has 1 heterocycles. The van der Waals surface area contributed by atoms with Gasteiger partial charge >= 0.3 is 0 Å². The van der Waals surface area contributed by atoms with E-state index in [1.54, 1.807) is 0 Å². The summed E-state index contributed by atoms with van der Waals surface area (Å²) in [5, 5.41) is 3.34. The van der Waals surface area contributed by atoms with Gasteiger partial charge in [0.2, 0.25) is 5.91 Å². The van der Waals surface area contributed by atoms with Gasteiger partial charge in [0.05, 0.1) is 17.0 Å². The fourth-order valence-corrected chi connectivity index (χ4v) is 8.17. The van der Waals surface area contributed by atoms with Crippen molar-refractivity contribution in [2.75, 3.05) is 0 Å². The zero-order chi connectivity index (χ0) is 17.4. The van der Waals surface area contributed by atoms with Crippen LogP contribution in [0.2, 0.25) is 0 Å². The van der Waals surface area contributed by atoms with Crippen molar-refractivity contribution < 1.29 is 9.53 Å². The molecule has 0 aromatic heterocycles. The number of amides is 1. The Morgan fingerprint density at radius 3 is 2.52 bits per heavy atom. The van der Waals surface area contributed by atoms with Crippen LogP contribution in [0.4, 0.5) is 0 Å². The molecule has 1 aliphatic heterocycles. The zero-order valence-electron chi connectivity index (χ0n) is 15.6. The maximum absolute atomic E-state index is 12.2.